The Balaban J connectivity index is 1.91. The van der Waals surface area contributed by atoms with Crippen LogP contribution < -0.4 is 10.2 Å². The number of nitrogens with zero attached hydrogens (tertiary/aromatic N) is 1. The number of halogens is 1. The molecule has 7 heteroatoms. The number of aryl methyl sites for hydroxylation is 2. The molecule has 6 nitrogen and oxygen atoms in total. The van der Waals surface area contributed by atoms with E-state index in [0.29, 0.717) is 16.9 Å². The molecule has 3 rings (SSSR count). The average Bonchev–Trinajstić information content (AvgIpc) is 2.87. The third kappa shape index (κ3) is 3.44. The minimum absolute atomic E-state index is 0.0399. The van der Waals surface area contributed by atoms with Gasteiger partial charge in [0.2, 0.25) is 0 Å². The SMILES string of the molecule is COC(=O)c1cccc(NC2=C(Cl)C(=O)N(c3ccc(C)c(C)c3)C2=O)c1. The second-order valence-corrected chi connectivity index (χ2v) is 6.48. The molecular formula is C20H17ClN2O4. The maximum absolute atomic E-state index is 12.8. The summed E-state index contributed by atoms with van der Waals surface area (Å²) in [5, 5.41) is 2.64. The number of carbonyl (C=O) groups excluding carboxylic acids is 3. The summed E-state index contributed by atoms with van der Waals surface area (Å²) in [7, 11) is 1.28. The van der Waals surface area contributed by atoms with Crippen LogP contribution >= 0.6 is 11.6 Å². The molecule has 27 heavy (non-hydrogen) atoms. The fourth-order valence-electron chi connectivity index (χ4n) is 2.70. The van der Waals surface area contributed by atoms with E-state index in [-0.39, 0.29) is 10.7 Å². The molecule has 0 fully saturated rings. The lowest BCUT2D eigenvalue weighted by molar-refractivity contribution is -0.120. The lowest BCUT2D eigenvalue weighted by Gasteiger charge is -2.16. The normalized spacial score (nSPS) is 14.0. The molecule has 1 aliphatic heterocycles. The van der Waals surface area contributed by atoms with E-state index in [4.69, 9.17) is 11.6 Å². The summed E-state index contributed by atoms with van der Waals surface area (Å²) >= 11 is 6.13. The number of imide groups is 1. The topological polar surface area (TPSA) is 75.7 Å². The first kappa shape index (κ1) is 18.7. The number of amides is 2. The molecule has 2 aromatic carbocycles. The molecule has 0 saturated heterocycles. The Morgan fingerprint density at radius 1 is 1.04 bits per heavy atom. The zero-order valence-corrected chi connectivity index (χ0v) is 15.8. The van der Waals surface area contributed by atoms with Crippen molar-refractivity contribution in [1.82, 2.24) is 0 Å². The number of ether oxygens (including phenoxy) is 1. The van der Waals surface area contributed by atoms with Crippen molar-refractivity contribution in [3.8, 4) is 0 Å². The van der Waals surface area contributed by atoms with Crippen molar-refractivity contribution in [1.29, 1.82) is 0 Å². The summed E-state index contributed by atoms with van der Waals surface area (Å²) in [5.74, 6) is -1.67. The van der Waals surface area contributed by atoms with Crippen LogP contribution in [0.25, 0.3) is 0 Å². The Bertz CT molecular complexity index is 997. The number of hydrogen-bond donors (Lipinski definition) is 1. The van der Waals surface area contributed by atoms with E-state index in [2.05, 4.69) is 10.1 Å². The van der Waals surface area contributed by atoms with E-state index in [0.717, 1.165) is 16.0 Å². The van der Waals surface area contributed by atoms with Crippen molar-refractivity contribution in [2.24, 2.45) is 0 Å². The Morgan fingerprint density at radius 2 is 1.78 bits per heavy atom. The van der Waals surface area contributed by atoms with Crippen molar-refractivity contribution in [2.75, 3.05) is 17.3 Å². The number of rotatable bonds is 4. The zero-order valence-electron chi connectivity index (χ0n) is 15.0. The van der Waals surface area contributed by atoms with Gasteiger partial charge >= 0.3 is 5.97 Å². The average molecular weight is 385 g/mol. The standard InChI is InChI=1S/C20H17ClN2O4/c1-11-7-8-15(9-12(11)2)23-18(24)16(21)17(19(23)25)22-14-6-4-5-13(10-14)20(26)27-3/h4-10,22H,1-3H3. The van der Waals surface area contributed by atoms with E-state index in [1.54, 1.807) is 30.3 Å². The van der Waals surface area contributed by atoms with Gasteiger partial charge in [-0.1, -0.05) is 23.7 Å². The van der Waals surface area contributed by atoms with E-state index in [1.807, 2.05) is 19.9 Å². The van der Waals surface area contributed by atoms with E-state index < -0.39 is 17.8 Å². The highest BCUT2D eigenvalue weighted by Gasteiger charge is 2.39. The Labute approximate surface area is 161 Å². The Morgan fingerprint density at radius 3 is 2.44 bits per heavy atom. The van der Waals surface area contributed by atoms with Crippen molar-refractivity contribution < 1.29 is 19.1 Å². The predicted octanol–water partition coefficient (Wildman–Crippen LogP) is 3.53. The van der Waals surface area contributed by atoms with Crippen LogP contribution in [0.5, 0.6) is 0 Å². The van der Waals surface area contributed by atoms with Crippen LogP contribution in [0, 0.1) is 13.8 Å². The lowest BCUT2D eigenvalue weighted by atomic mass is 10.1. The highest BCUT2D eigenvalue weighted by atomic mass is 35.5. The van der Waals surface area contributed by atoms with Gasteiger partial charge in [-0.05, 0) is 55.3 Å². The molecule has 138 valence electrons. The highest BCUT2D eigenvalue weighted by Crippen LogP contribution is 2.31. The molecule has 0 spiro atoms. The number of esters is 1. The van der Waals surface area contributed by atoms with E-state index in [9.17, 15) is 14.4 Å². The first-order chi connectivity index (χ1) is 12.8. The highest BCUT2D eigenvalue weighted by molar-refractivity contribution is 6.53. The van der Waals surface area contributed by atoms with Gasteiger partial charge in [0.25, 0.3) is 11.8 Å². The van der Waals surface area contributed by atoms with Crippen molar-refractivity contribution >= 4 is 40.8 Å². The minimum atomic E-state index is -0.600. The molecular weight excluding hydrogens is 368 g/mol. The van der Waals surface area contributed by atoms with Crippen LogP contribution in [-0.2, 0) is 14.3 Å². The van der Waals surface area contributed by atoms with E-state index >= 15 is 0 Å². The third-order valence-electron chi connectivity index (χ3n) is 4.33. The first-order valence-electron chi connectivity index (χ1n) is 8.14. The largest absolute Gasteiger partial charge is 0.465 e. The molecule has 1 N–H and O–H groups in total. The maximum Gasteiger partial charge on any atom is 0.337 e. The summed E-state index contributed by atoms with van der Waals surface area (Å²) in [6, 6.07) is 11.7. The molecule has 0 saturated carbocycles. The second kappa shape index (κ2) is 7.25. The minimum Gasteiger partial charge on any atom is -0.465 e. The fraction of sp³-hybridized carbons (Fsp3) is 0.150. The second-order valence-electron chi connectivity index (χ2n) is 6.10. The van der Waals surface area contributed by atoms with Gasteiger partial charge in [-0.25, -0.2) is 9.69 Å². The van der Waals surface area contributed by atoms with Gasteiger partial charge in [0.05, 0.1) is 18.4 Å². The number of methoxy groups -OCH3 is 1. The van der Waals surface area contributed by atoms with Crippen LogP contribution in [0.15, 0.2) is 53.2 Å². The number of benzene rings is 2. The predicted molar refractivity (Wildman–Crippen MR) is 103 cm³/mol. The molecule has 2 amide bonds. The summed E-state index contributed by atoms with van der Waals surface area (Å²) < 4.78 is 4.68. The van der Waals surface area contributed by atoms with Gasteiger partial charge < -0.3 is 10.1 Å². The molecule has 0 radical (unpaired) electrons. The molecule has 0 atom stereocenters. The zero-order chi connectivity index (χ0) is 19.7. The number of anilines is 2. The van der Waals surface area contributed by atoms with Crippen molar-refractivity contribution in [3.63, 3.8) is 0 Å². The van der Waals surface area contributed by atoms with E-state index in [1.165, 1.54) is 13.2 Å². The molecule has 0 aromatic heterocycles. The van der Waals surface area contributed by atoms with Crippen LogP contribution in [0.1, 0.15) is 21.5 Å². The Kier molecular flexibility index (Phi) is 5.01. The number of nitrogens with one attached hydrogen (secondary N) is 1. The van der Waals surface area contributed by atoms with Gasteiger partial charge in [-0.15, -0.1) is 0 Å². The summed E-state index contributed by atoms with van der Waals surface area (Å²) in [6.45, 7) is 3.84. The summed E-state index contributed by atoms with van der Waals surface area (Å²) in [6.07, 6.45) is 0. The lowest BCUT2D eigenvalue weighted by Crippen LogP contribution is -2.32. The van der Waals surface area contributed by atoms with Gasteiger partial charge in [-0.2, -0.15) is 0 Å². The maximum atomic E-state index is 12.8. The quantitative estimate of drug-likeness (QED) is 0.644. The van der Waals surface area contributed by atoms with Gasteiger partial charge in [-0.3, -0.25) is 9.59 Å². The van der Waals surface area contributed by atoms with Crippen molar-refractivity contribution in [3.05, 3.63) is 69.9 Å². The third-order valence-corrected chi connectivity index (χ3v) is 4.68. The van der Waals surface area contributed by atoms with Crippen LogP contribution in [0.3, 0.4) is 0 Å². The van der Waals surface area contributed by atoms with Gasteiger partial charge in [0, 0.05) is 5.69 Å². The molecule has 1 aliphatic rings. The monoisotopic (exact) mass is 384 g/mol. The molecule has 2 aromatic rings. The van der Waals surface area contributed by atoms with Crippen LogP contribution in [0.2, 0.25) is 0 Å². The molecule has 0 unspecified atom stereocenters. The first-order valence-corrected chi connectivity index (χ1v) is 8.52. The summed E-state index contributed by atoms with van der Waals surface area (Å²) in [4.78, 5) is 38.0. The van der Waals surface area contributed by atoms with Crippen LogP contribution in [0.4, 0.5) is 11.4 Å². The van der Waals surface area contributed by atoms with Crippen LogP contribution in [-0.4, -0.2) is 24.9 Å². The fourth-order valence-corrected chi connectivity index (χ4v) is 2.91. The molecule has 0 aliphatic carbocycles. The summed E-state index contributed by atoms with van der Waals surface area (Å²) in [5.41, 5.74) is 3.16. The Hall–Kier alpha value is -3.12. The smallest absolute Gasteiger partial charge is 0.337 e. The number of hydrogen-bond acceptors (Lipinski definition) is 5. The van der Waals surface area contributed by atoms with Crippen molar-refractivity contribution in [2.45, 2.75) is 13.8 Å². The van der Waals surface area contributed by atoms with Gasteiger partial charge in [0.1, 0.15) is 10.7 Å². The number of carbonyl (C=O) groups is 3. The molecule has 0 bridgehead atoms. The van der Waals surface area contributed by atoms with Gasteiger partial charge in [0.15, 0.2) is 0 Å². The molecule has 1 heterocycles.